The first kappa shape index (κ1) is 8.38. The molecule has 1 heteroatoms. The van der Waals surface area contributed by atoms with Crippen molar-refractivity contribution in [1.82, 2.24) is 0 Å². The van der Waals surface area contributed by atoms with Gasteiger partial charge in [-0.25, -0.2) is 0 Å². The fourth-order valence-corrected chi connectivity index (χ4v) is 4.14. The lowest BCUT2D eigenvalue weighted by atomic mass is 9.39. The molecule has 0 nitrogen and oxygen atoms in total. The summed E-state index contributed by atoms with van der Waals surface area (Å²) >= 11 is 0. The Bertz CT molecular complexity index is 186. The summed E-state index contributed by atoms with van der Waals surface area (Å²) in [5, 5.41) is 0. The van der Waals surface area contributed by atoms with E-state index in [1.807, 2.05) is 0 Å². The van der Waals surface area contributed by atoms with Crippen LogP contribution in [0.25, 0.3) is 0 Å². The van der Waals surface area contributed by atoms with Crippen molar-refractivity contribution in [3.8, 4) is 0 Å². The molecule has 72 valence electrons. The average Bonchev–Trinajstić information content (AvgIpc) is 2.08. The Morgan fingerprint density at radius 3 is 2.38 bits per heavy atom. The van der Waals surface area contributed by atoms with Crippen molar-refractivity contribution in [2.24, 2.45) is 11.8 Å². The Labute approximate surface area is 82.7 Å². The molecule has 1 aliphatic carbocycles. The minimum Gasteiger partial charge on any atom is -0.0654 e. The van der Waals surface area contributed by atoms with E-state index in [2.05, 4.69) is 0 Å². The predicted octanol–water partition coefficient (Wildman–Crippen LogP) is 3.39. The Morgan fingerprint density at radius 2 is 1.62 bits per heavy atom. The molecule has 3 atom stereocenters. The standard InChI is InChI=1S/C12H21B/c1-3-9(4-1)11-8-7-10-5-2-6-12(11)13-10/h9-13H,1-8H2. The van der Waals surface area contributed by atoms with E-state index in [-0.39, 0.29) is 0 Å². The molecule has 3 unspecified atom stereocenters. The van der Waals surface area contributed by atoms with Gasteiger partial charge in [-0.05, 0) is 11.8 Å². The maximum absolute atomic E-state index is 1.61. The second-order valence-corrected chi connectivity index (χ2v) is 5.72. The second-order valence-electron chi connectivity index (χ2n) is 5.72. The summed E-state index contributed by atoms with van der Waals surface area (Å²) in [6.45, 7) is 0. The van der Waals surface area contributed by atoms with Crippen LogP contribution < -0.4 is 0 Å². The summed E-state index contributed by atoms with van der Waals surface area (Å²) in [4.78, 5) is 0. The van der Waals surface area contributed by atoms with Gasteiger partial charge in [0.15, 0.2) is 0 Å². The summed E-state index contributed by atoms with van der Waals surface area (Å²) < 4.78 is 0. The van der Waals surface area contributed by atoms with Gasteiger partial charge in [0.2, 0.25) is 0 Å². The van der Waals surface area contributed by atoms with E-state index >= 15 is 0 Å². The lowest BCUT2D eigenvalue weighted by Gasteiger charge is -2.46. The molecule has 2 aliphatic heterocycles. The maximum atomic E-state index is 1.61. The van der Waals surface area contributed by atoms with Crippen LogP contribution in [0.4, 0.5) is 0 Å². The summed E-state index contributed by atoms with van der Waals surface area (Å²) in [5.41, 5.74) is 0. The molecule has 2 bridgehead atoms. The van der Waals surface area contributed by atoms with Gasteiger partial charge in [-0.1, -0.05) is 63.0 Å². The van der Waals surface area contributed by atoms with E-state index in [0.717, 1.165) is 11.6 Å². The highest BCUT2D eigenvalue weighted by Crippen LogP contribution is 2.51. The molecule has 2 saturated heterocycles. The van der Waals surface area contributed by atoms with E-state index in [4.69, 9.17) is 0 Å². The van der Waals surface area contributed by atoms with Gasteiger partial charge >= 0.3 is 0 Å². The van der Waals surface area contributed by atoms with Gasteiger partial charge in [0, 0.05) is 0 Å². The zero-order valence-corrected chi connectivity index (χ0v) is 8.67. The summed E-state index contributed by atoms with van der Waals surface area (Å²) in [5.74, 6) is 4.65. The van der Waals surface area contributed by atoms with Crippen molar-refractivity contribution in [2.75, 3.05) is 0 Å². The molecule has 1 saturated carbocycles. The highest BCUT2D eigenvalue weighted by Gasteiger charge is 2.39. The number of rotatable bonds is 1. The van der Waals surface area contributed by atoms with Gasteiger partial charge in [0.05, 0.1) is 0 Å². The highest BCUT2D eigenvalue weighted by atomic mass is 14.4. The predicted molar refractivity (Wildman–Crippen MR) is 58.6 cm³/mol. The molecule has 0 amide bonds. The van der Waals surface area contributed by atoms with Crippen molar-refractivity contribution in [3.05, 3.63) is 0 Å². The molecule has 3 rings (SSSR count). The molecular weight excluding hydrogens is 155 g/mol. The van der Waals surface area contributed by atoms with Crippen molar-refractivity contribution >= 4 is 7.28 Å². The SMILES string of the molecule is B1C2CCCC1C(C1CCC1)CC2. The van der Waals surface area contributed by atoms with Gasteiger partial charge in [-0.3, -0.25) is 0 Å². The molecule has 0 N–H and O–H groups in total. The highest BCUT2D eigenvalue weighted by molar-refractivity contribution is 6.40. The van der Waals surface area contributed by atoms with E-state index < -0.39 is 0 Å². The Balaban J connectivity index is 1.67. The van der Waals surface area contributed by atoms with Crippen molar-refractivity contribution in [2.45, 2.75) is 63.0 Å². The first-order valence-electron chi connectivity index (χ1n) is 6.43. The van der Waals surface area contributed by atoms with Crippen LogP contribution in [0.1, 0.15) is 51.4 Å². The van der Waals surface area contributed by atoms with E-state index in [1.165, 1.54) is 18.3 Å². The van der Waals surface area contributed by atoms with E-state index in [0.29, 0.717) is 0 Å². The van der Waals surface area contributed by atoms with E-state index in [1.54, 1.807) is 52.2 Å². The third kappa shape index (κ3) is 1.45. The molecule has 2 heterocycles. The van der Waals surface area contributed by atoms with Crippen LogP contribution in [-0.2, 0) is 0 Å². The van der Waals surface area contributed by atoms with Crippen molar-refractivity contribution in [3.63, 3.8) is 0 Å². The van der Waals surface area contributed by atoms with Crippen LogP contribution >= 0.6 is 0 Å². The molecular formula is C12H21B. The smallest absolute Gasteiger partial charge is 0.0654 e. The first-order chi connectivity index (χ1) is 6.43. The quantitative estimate of drug-likeness (QED) is 0.537. The summed E-state index contributed by atoms with van der Waals surface area (Å²) in [6, 6.07) is 0. The minimum atomic E-state index is 1.15. The normalized spacial score (nSPS) is 45.1. The molecule has 0 aromatic carbocycles. The molecule has 0 aromatic heterocycles. The number of fused-ring (bicyclic) bond motifs is 2. The minimum absolute atomic E-state index is 1.15. The van der Waals surface area contributed by atoms with Crippen LogP contribution in [-0.4, -0.2) is 7.28 Å². The third-order valence-corrected chi connectivity index (χ3v) is 5.09. The molecule has 13 heavy (non-hydrogen) atoms. The van der Waals surface area contributed by atoms with Gasteiger partial charge in [-0.15, -0.1) is 0 Å². The van der Waals surface area contributed by atoms with Crippen LogP contribution in [0.15, 0.2) is 0 Å². The van der Waals surface area contributed by atoms with Gasteiger partial charge in [-0.2, -0.15) is 0 Å². The van der Waals surface area contributed by atoms with Crippen LogP contribution in [0, 0.1) is 11.8 Å². The molecule has 3 aliphatic rings. The fraction of sp³-hybridized carbons (Fsp3) is 1.00. The molecule has 0 aromatic rings. The van der Waals surface area contributed by atoms with Crippen molar-refractivity contribution in [1.29, 1.82) is 0 Å². The lowest BCUT2D eigenvalue weighted by molar-refractivity contribution is 0.161. The number of hydrogen-bond donors (Lipinski definition) is 0. The van der Waals surface area contributed by atoms with Crippen molar-refractivity contribution < 1.29 is 0 Å². The second kappa shape index (κ2) is 3.33. The molecule has 0 radical (unpaired) electrons. The largest absolute Gasteiger partial charge is 0.127 e. The van der Waals surface area contributed by atoms with Crippen LogP contribution in [0.2, 0.25) is 11.6 Å². The summed E-state index contributed by atoms with van der Waals surface area (Å²) in [6.07, 6.45) is 12.6. The van der Waals surface area contributed by atoms with Gasteiger partial charge < -0.3 is 0 Å². The summed E-state index contributed by atoms with van der Waals surface area (Å²) in [7, 11) is 1.61. The fourth-order valence-electron chi connectivity index (χ4n) is 4.14. The maximum Gasteiger partial charge on any atom is 0.127 e. The van der Waals surface area contributed by atoms with Gasteiger partial charge in [0.1, 0.15) is 7.28 Å². The Morgan fingerprint density at radius 1 is 0.769 bits per heavy atom. The van der Waals surface area contributed by atoms with E-state index in [9.17, 15) is 0 Å². The van der Waals surface area contributed by atoms with Crippen LogP contribution in [0.3, 0.4) is 0 Å². The lowest BCUT2D eigenvalue weighted by Crippen LogP contribution is -2.35. The first-order valence-corrected chi connectivity index (χ1v) is 6.43. The molecule has 0 spiro atoms. The zero-order valence-electron chi connectivity index (χ0n) is 8.67. The zero-order chi connectivity index (χ0) is 8.67. The monoisotopic (exact) mass is 176 g/mol. The van der Waals surface area contributed by atoms with Crippen LogP contribution in [0.5, 0.6) is 0 Å². The number of hydrogen-bond acceptors (Lipinski definition) is 0. The van der Waals surface area contributed by atoms with Gasteiger partial charge in [0.25, 0.3) is 0 Å². The topological polar surface area (TPSA) is 0 Å². The Hall–Kier alpha value is 0.0649. The average molecular weight is 176 g/mol. The Kier molecular flexibility index (Phi) is 2.15. The third-order valence-electron chi connectivity index (χ3n) is 5.09. The molecule has 3 fully saturated rings.